The molecular formula is C22H21F3N6O3S. The number of fused-ring (bicyclic) bond motifs is 1. The fourth-order valence-electron chi connectivity index (χ4n) is 3.60. The highest BCUT2D eigenvalue weighted by molar-refractivity contribution is 7.92. The third-order valence-electron chi connectivity index (χ3n) is 5.40. The molecule has 2 aromatic carbocycles. The zero-order valence-electron chi connectivity index (χ0n) is 18.6. The Morgan fingerprint density at radius 3 is 2.60 bits per heavy atom. The fraction of sp³-hybridized carbons (Fsp3) is 0.227. The van der Waals surface area contributed by atoms with E-state index in [1.165, 1.54) is 7.05 Å². The number of rotatable bonds is 7. The van der Waals surface area contributed by atoms with Crippen LogP contribution < -0.4 is 20.3 Å². The number of nitrogens with zero attached hydrogens (tertiary/aromatic N) is 3. The van der Waals surface area contributed by atoms with E-state index in [9.17, 15) is 26.4 Å². The molecule has 0 spiro atoms. The molecule has 3 aromatic rings. The second-order valence-electron chi connectivity index (χ2n) is 7.85. The molecule has 1 aliphatic rings. The van der Waals surface area contributed by atoms with E-state index in [1.807, 2.05) is 0 Å². The van der Waals surface area contributed by atoms with Gasteiger partial charge in [0.05, 0.1) is 18.4 Å². The smallest absolute Gasteiger partial charge is 0.365 e. The molecule has 0 saturated heterocycles. The van der Waals surface area contributed by atoms with Crippen LogP contribution in [0.3, 0.4) is 0 Å². The third kappa shape index (κ3) is 5.29. The molecule has 13 heteroatoms. The Bertz CT molecular complexity index is 1400. The van der Waals surface area contributed by atoms with Crippen LogP contribution in [-0.4, -0.2) is 37.6 Å². The molecule has 184 valence electrons. The van der Waals surface area contributed by atoms with Gasteiger partial charge in [0.1, 0.15) is 11.4 Å². The molecule has 1 amide bonds. The van der Waals surface area contributed by atoms with Gasteiger partial charge in [-0.1, -0.05) is 24.3 Å². The van der Waals surface area contributed by atoms with Gasteiger partial charge in [-0.15, -0.1) is 0 Å². The van der Waals surface area contributed by atoms with Crippen molar-refractivity contribution in [3.8, 4) is 0 Å². The lowest BCUT2D eigenvalue weighted by Crippen LogP contribution is -2.26. The first-order valence-corrected chi connectivity index (χ1v) is 12.2. The maximum atomic E-state index is 13.6. The molecule has 1 aliphatic heterocycles. The van der Waals surface area contributed by atoms with Crippen LogP contribution in [0.5, 0.6) is 0 Å². The highest BCUT2D eigenvalue weighted by Gasteiger charge is 2.35. The van der Waals surface area contributed by atoms with Gasteiger partial charge in [0.15, 0.2) is 0 Å². The number of nitrogens with one attached hydrogen (secondary N) is 3. The zero-order chi connectivity index (χ0) is 25.4. The minimum atomic E-state index is -4.73. The molecule has 0 bridgehead atoms. The number of carbonyl (C=O) groups is 1. The average Bonchev–Trinajstić information content (AvgIpc) is 3.17. The lowest BCUT2D eigenvalue weighted by molar-refractivity contribution is -0.137. The van der Waals surface area contributed by atoms with Gasteiger partial charge in [-0.2, -0.15) is 18.2 Å². The Morgan fingerprint density at radius 1 is 1.14 bits per heavy atom. The molecule has 0 atom stereocenters. The number of para-hydroxylation sites is 1. The summed E-state index contributed by atoms with van der Waals surface area (Å²) in [5.74, 6) is -0.772. The summed E-state index contributed by atoms with van der Waals surface area (Å²) in [6, 6.07) is 11.5. The topological polar surface area (TPSA) is 116 Å². The lowest BCUT2D eigenvalue weighted by Gasteiger charge is -2.21. The molecule has 35 heavy (non-hydrogen) atoms. The summed E-state index contributed by atoms with van der Waals surface area (Å²) >= 11 is 0. The number of benzene rings is 2. The molecule has 3 N–H and O–H groups in total. The van der Waals surface area contributed by atoms with Crippen molar-refractivity contribution in [3.05, 3.63) is 65.4 Å². The van der Waals surface area contributed by atoms with Crippen molar-refractivity contribution in [2.45, 2.75) is 19.1 Å². The van der Waals surface area contributed by atoms with Gasteiger partial charge < -0.3 is 16.0 Å². The van der Waals surface area contributed by atoms with Crippen molar-refractivity contribution in [2.75, 3.05) is 33.6 Å². The molecule has 0 saturated carbocycles. The highest BCUT2D eigenvalue weighted by atomic mass is 32.2. The van der Waals surface area contributed by atoms with E-state index in [-0.39, 0.29) is 24.8 Å². The molecule has 1 aromatic heterocycles. The van der Waals surface area contributed by atoms with Crippen LogP contribution >= 0.6 is 0 Å². The van der Waals surface area contributed by atoms with Crippen molar-refractivity contribution in [2.24, 2.45) is 0 Å². The van der Waals surface area contributed by atoms with E-state index in [0.29, 0.717) is 34.4 Å². The molecule has 2 heterocycles. The number of hydrogen-bond acceptors (Lipinski definition) is 7. The third-order valence-corrected chi connectivity index (χ3v) is 6.59. The summed E-state index contributed by atoms with van der Waals surface area (Å²) < 4.78 is 65.9. The van der Waals surface area contributed by atoms with E-state index < -0.39 is 27.6 Å². The van der Waals surface area contributed by atoms with Crippen LogP contribution in [-0.2, 0) is 34.0 Å². The second kappa shape index (κ2) is 9.06. The molecule has 4 rings (SSSR count). The van der Waals surface area contributed by atoms with E-state index in [4.69, 9.17) is 0 Å². The van der Waals surface area contributed by atoms with Gasteiger partial charge in [0.2, 0.25) is 21.9 Å². The van der Waals surface area contributed by atoms with E-state index in [1.54, 1.807) is 42.5 Å². The standard InChI is InChI=1S/C22H21F3N6O3S/c1-31(35(2,33)34)18-9-4-3-6-13(18)11-26-20-15(22(23,24)25)12-27-21(30-20)29-17-8-5-7-16-14(17)10-19(32)28-16/h3-9,12H,10-11H2,1-2H3,(H,28,32)(H2,26,27,29,30). The van der Waals surface area contributed by atoms with Crippen molar-refractivity contribution in [1.82, 2.24) is 9.97 Å². The Balaban J connectivity index is 1.64. The molecule has 0 unspecified atom stereocenters. The second-order valence-corrected chi connectivity index (χ2v) is 9.86. The van der Waals surface area contributed by atoms with Gasteiger partial charge in [0, 0.05) is 36.7 Å². The number of carbonyl (C=O) groups excluding carboxylic acids is 1. The molecule has 0 fully saturated rings. The molecule has 0 radical (unpaired) electrons. The van der Waals surface area contributed by atoms with Crippen molar-refractivity contribution >= 4 is 44.8 Å². The number of anilines is 5. The van der Waals surface area contributed by atoms with E-state index in [0.717, 1.165) is 10.6 Å². The molecular weight excluding hydrogens is 485 g/mol. The van der Waals surface area contributed by atoms with Crippen LogP contribution in [0, 0.1) is 0 Å². The summed E-state index contributed by atoms with van der Waals surface area (Å²) in [6.07, 6.45) is -2.91. The van der Waals surface area contributed by atoms with Gasteiger partial charge in [-0.3, -0.25) is 9.10 Å². The Kier molecular flexibility index (Phi) is 6.28. The number of hydrogen-bond donors (Lipinski definition) is 3. The lowest BCUT2D eigenvalue weighted by atomic mass is 10.1. The number of sulfonamides is 1. The molecule has 9 nitrogen and oxygen atoms in total. The number of aromatic nitrogens is 2. The average molecular weight is 507 g/mol. The van der Waals surface area contributed by atoms with Gasteiger partial charge in [0.25, 0.3) is 0 Å². The highest BCUT2D eigenvalue weighted by Crippen LogP contribution is 2.36. The van der Waals surface area contributed by atoms with E-state index in [2.05, 4.69) is 25.9 Å². The van der Waals surface area contributed by atoms with Gasteiger partial charge in [-0.25, -0.2) is 13.4 Å². The summed E-state index contributed by atoms with van der Waals surface area (Å²) in [6.45, 7) is -0.130. The van der Waals surface area contributed by atoms with Crippen LogP contribution in [0.1, 0.15) is 16.7 Å². The van der Waals surface area contributed by atoms with Gasteiger partial charge >= 0.3 is 6.18 Å². The minimum Gasteiger partial charge on any atom is -0.365 e. The molecule has 0 aliphatic carbocycles. The monoisotopic (exact) mass is 506 g/mol. The van der Waals surface area contributed by atoms with Crippen LogP contribution in [0.2, 0.25) is 0 Å². The van der Waals surface area contributed by atoms with Crippen molar-refractivity contribution in [1.29, 1.82) is 0 Å². The largest absolute Gasteiger partial charge is 0.421 e. The number of alkyl halides is 3. The number of amides is 1. The Hall–Kier alpha value is -3.87. The Morgan fingerprint density at radius 2 is 1.89 bits per heavy atom. The van der Waals surface area contributed by atoms with Crippen LogP contribution in [0.4, 0.5) is 42.0 Å². The van der Waals surface area contributed by atoms with Crippen molar-refractivity contribution < 1.29 is 26.4 Å². The first-order valence-electron chi connectivity index (χ1n) is 10.3. The minimum absolute atomic E-state index is 0.102. The van der Waals surface area contributed by atoms with Crippen LogP contribution in [0.15, 0.2) is 48.7 Å². The SMILES string of the molecule is CN(c1ccccc1CNc1nc(Nc2cccc3c2CC(=O)N3)ncc1C(F)(F)F)S(C)(=O)=O. The predicted molar refractivity (Wildman–Crippen MR) is 126 cm³/mol. The van der Waals surface area contributed by atoms with Crippen LogP contribution in [0.25, 0.3) is 0 Å². The number of halogens is 3. The summed E-state index contributed by atoms with van der Waals surface area (Å²) in [5, 5.41) is 8.25. The fourth-order valence-corrected chi connectivity index (χ4v) is 4.13. The van der Waals surface area contributed by atoms with E-state index >= 15 is 0 Å². The maximum Gasteiger partial charge on any atom is 0.421 e. The summed E-state index contributed by atoms with van der Waals surface area (Å²) in [7, 11) is -2.22. The summed E-state index contributed by atoms with van der Waals surface area (Å²) in [4.78, 5) is 19.6. The normalized spacial score (nSPS) is 13.2. The zero-order valence-corrected chi connectivity index (χ0v) is 19.5. The first-order chi connectivity index (χ1) is 16.4. The maximum absolute atomic E-state index is 13.6. The van der Waals surface area contributed by atoms with Gasteiger partial charge in [-0.05, 0) is 23.8 Å². The Labute approximate surface area is 199 Å². The van der Waals surface area contributed by atoms with Crippen molar-refractivity contribution in [3.63, 3.8) is 0 Å². The summed E-state index contributed by atoms with van der Waals surface area (Å²) in [5.41, 5.74) is 1.46. The first kappa shape index (κ1) is 24.3. The quantitative estimate of drug-likeness (QED) is 0.447. The predicted octanol–water partition coefficient (Wildman–Crippen LogP) is 3.74.